The molecule has 0 saturated heterocycles. The highest BCUT2D eigenvalue weighted by atomic mass is 32.2. The molecule has 0 aromatic heterocycles. The number of aryl methyl sites for hydroxylation is 1. The van der Waals surface area contributed by atoms with Gasteiger partial charge in [0, 0.05) is 17.0 Å². The van der Waals surface area contributed by atoms with Crippen molar-refractivity contribution in [2.45, 2.75) is 64.0 Å². The van der Waals surface area contributed by atoms with Gasteiger partial charge in [0.15, 0.2) is 0 Å². The fourth-order valence-electron chi connectivity index (χ4n) is 3.16. The summed E-state index contributed by atoms with van der Waals surface area (Å²) < 4.78 is 0. The number of hydrogen-bond donors (Lipinski definition) is 1. The fraction of sp³-hybridized carbons (Fsp3) is 0.667. The van der Waals surface area contributed by atoms with Crippen molar-refractivity contribution < 1.29 is 0 Å². The molecule has 2 atom stereocenters. The van der Waals surface area contributed by atoms with Crippen LogP contribution in [0.5, 0.6) is 0 Å². The van der Waals surface area contributed by atoms with Crippen molar-refractivity contribution in [3.05, 3.63) is 35.4 Å². The molecule has 112 valence electrons. The third-order valence-corrected chi connectivity index (χ3v) is 5.92. The molecule has 0 amide bonds. The molecule has 0 radical (unpaired) electrons. The van der Waals surface area contributed by atoms with E-state index in [0.29, 0.717) is 11.5 Å². The third kappa shape index (κ3) is 4.26. The van der Waals surface area contributed by atoms with Crippen LogP contribution in [-0.4, -0.2) is 17.8 Å². The molecular weight excluding hydrogens is 262 g/mol. The van der Waals surface area contributed by atoms with Gasteiger partial charge in [0.2, 0.25) is 0 Å². The Balaban J connectivity index is 1.98. The summed E-state index contributed by atoms with van der Waals surface area (Å²) in [6.45, 7) is 10.4. The Morgan fingerprint density at radius 3 is 2.75 bits per heavy atom. The molecule has 1 N–H and O–H groups in total. The molecule has 0 heterocycles. The minimum atomic E-state index is 0.509. The Kier molecular flexibility index (Phi) is 5.57. The van der Waals surface area contributed by atoms with Gasteiger partial charge in [0.25, 0.3) is 0 Å². The molecular formula is C18H29NS. The van der Waals surface area contributed by atoms with E-state index in [4.69, 9.17) is 0 Å². The number of rotatable bonds is 5. The van der Waals surface area contributed by atoms with E-state index in [-0.39, 0.29) is 0 Å². The van der Waals surface area contributed by atoms with Gasteiger partial charge in [-0.05, 0) is 49.3 Å². The molecule has 20 heavy (non-hydrogen) atoms. The molecule has 1 aliphatic carbocycles. The van der Waals surface area contributed by atoms with Crippen LogP contribution in [-0.2, 0) is 5.75 Å². The summed E-state index contributed by atoms with van der Waals surface area (Å²) in [7, 11) is 0. The van der Waals surface area contributed by atoms with Crippen molar-refractivity contribution in [2.24, 2.45) is 5.41 Å². The van der Waals surface area contributed by atoms with Crippen molar-refractivity contribution in [1.29, 1.82) is 0 Å². The first-order valence-corrected chi connectivity index (χ1v) is 8.96. The van der Waals surface area contributed by atoms with Gasteiger partial charge in [-0.15, -0.1) is 0 Å². The van der Waals surface area contributed by atoms with Crippen LogP contribution in [0.1, 0.15) is 51.2 Å². The van der Waals surface area contributed by atoms with Gasteiger partial charge in [-0.25, -0.2) is 0 Å². The van der Waals surface area contributed by atoms with Crippen molar-refractivity contribution in [2.75, 3.05) is 6.54 Å². The lowest BCUT2D eigenvalue weighted by atomic mass is 9.75. The van der Waals surface area contributed by atoms with Gasteiger partial charge in [-0.1, -0.05) is 45.0 Å². The van der Waals surface area contributed by atoms with E-state index in [1.165, 1.54) is 30.4 Å². The summed E-state index contributed by atoms with van der Waals surface area (Å²) in [6.07, 6.45) is 4.01. The van der Waals surface area contributed by atoms with E-state index in [1.54, 1.807) is 0 Å². The molecule has 1 fully saturated rings. The molecule has 2 heteroatoms. The summed E-state index contributed by atoms with van der Waals surface area (Å²) in [5, 5.41) is 4.45. The van der Waals surface area contributed by atoms with Crippen molar-refractivity contribution in [1.82, 2.24) is 5.32 Å². The average Bonchev–Trinajstić information content (AvgIpc) is 2.40. The molecule has 2 unspecified atom stereocenters. The summed E-state index contributed by atoms with van der Waals surface area (Å²) in [5.74, 6) is 1.15. The predicted octanol–water partition coefficient (Wildman–Crippen LogP) is 4.79. The van der Waals surface area contributed by atoms with Crippen molar-refractivity contribution in [3.63, 3.8) is 0 Å². The van der Waals surface area contributed by atoms with Crippen LogP contribution >= 0.6 is 11.8 Å². The van der Waals surface area contributed by atoms with E-state index >= 15 is 0 Å². The Hall–Kier alpha value is -0.470. The van der Waals surface area contributed by atoms with E-state index in [1.807, 2.05) is 0 Å². The lowest BCUT2D eigenvalue weighted by molar-refractivity contribution is 0.215. The molecule has 1 saturated carbocycles. The van der Waals surface area contributed by atoms with E-state index in [9.17, 15) is 0 Å². The number of benzene rings is 1. The summed E-state index contributed by atoms with van der Waals surface area (Å²) >= 11 is 2.15. The molecule has 0 bridgehead atoms. The first-order valence-electron chi connectivity index (χ1n) is 7.91. The largest absolute Gasteiger partial charge is 0.313 e. The lowest BCUT2D eigenvalue weighted by Crippen LogP contribution is -2.44. The zero-order valence-electron chi connectivity index (χ0n) is 13.4. The topological polar surface area (TPSA) is 12.0 Å². The molecule has 1 aromatic rings. The number of thioether (sulfide) groups is 1. The predicted molar refractivity (Wildman–Crippen MR) is 91.4 cm³/mol. The van der Waals surface area contributed by atoms with E-state index in [0.717, 1.165) is 17.5 Å². The van der Waals surface area contributed by atoms with E-state index < -0.39 is 0 Å². The third-order valence-electron chi connectivity index (χ3n) is 4.52. The molecule has 1 aromatic carbocycles. The SMILES string of the molecule is CCNC1CCC(C)(C)CC1SCc1ccccc1C. The van der Waals surface area contributed by atoms with E-state index in [2.05, 4.69) is 69.0 Å². The maximum atomic E-state index is 3.70. The second kappa shape index (κ2) is 7.00. The van der Waals surface area contributed by atoms with Gasteiger partial charge in [-0.2, -0.15) is 11.8 Å². The number of hydrogen-bond acceptors (Lipinski definition) is 2. The maximum absolute atomic E-state index is 3.70. The van der Waals surface area contributed by atoms with Crippen LogP contribution in [0.4, 0.5) is 0 Å². The Morgan fingerprint density at radius 2 is 2.05 bits per heavy atom. The van der Waals surface area contributed by atoms with Gasteiger partial charge in [0.05, 0.1) is 0 Å². The highest BCUT2D eigenvalue weighted by molar-refractivity contribution is 7.99. The normalized spacial score (nSPS) is 25.6. The van der Waals surface area contributed by atoms with Crippen LogP contribution in [0.15, 0.2) is 24.3 Å². The van der Waals surface area contributed by atoms with Crippen LogP contribution in [0.2, 0.25) is 0 Å². The Bertz CT molecular complexity index is 427. The maximum Gasteiger partial charge on any atom is 0.0209 e. The smallest absolute Gasteiger partial charge is 0.0209 e. The summed E-state index contributed by atoms with van der Waals surface area (Å²) in [6, 6.07) is 9.49. The Labute approximate surface area is 128 Å². The van der Waals surface area contributed by atoms with Crippen LogP contribution in [0.25, 0.3) is 0 Å². The lowest BCUT2D eigenvalue weighted by Gasteiger charge is -2.41. The van der Waals surface area contributed by atoms with Gasteiger partial charge in [-0.3, -0.25) is 0 Å². The van der Waals surface area contributed by atoms with Crippen LogP contribution < -0.4 is 5.32 Å². The standard InChI is InChI=1S/C18H29NS/c1-5-19-16-10-11-18(3,4)12-17(16)20-13-15-9-7-6-8-14(15)2/h6-9,16-17,19H,5,10-13H2,1-4H3. The highest BCUT2D eigenvalue weighted by Gasteiger charge is 2.34. The number of nitrogens with one attached hydrogen (secondary N) is 1. The first-order chi connectivity index (χ1) is 9.52. The van der Waals surface area contributed by atoms with Gasteiger partial charge < -0.3 is 5.32 Å². The molecule has 1 nitrogen and oxygen atoms in total. The quantitative estimate of drug-likeness (QED) is 0.837. The minimum Gasteiger partial charge on any atom is -0.313 e. The molecule has 1 aliphatic rings. The monoisotopic (exact) mass is 291 g/mol. The van der Waals surface area contributed by atoms with Gasteiger partial charge >= 0.3 is 0 Å². The zero-order valence-corrected chi connectivity index (χ0v) is 14.2. The van der Waals surface area contributed by atoms with Gasteiger partial charge in [0.1, 0.15) is 0 Å². The summed E-state index contributed by atoms with van der Waals surface area (Å²) in [5.41, 5.74) is 3.43. The summed E-state index contributed by atoms with van der Waals surface area (Å²) in [4.78, 5) is 0. The molecule has 0 spiro atoms. The zero-order chi connectivity index (χ0) is 14.6. The minimum absolute atomic E-state index is 0.509. The fourth-order valence-corrected chi connectivity index (χ4v) is 4.91. The molecule has 2 rings (SSSR count). The second-order valence-corrected chi connectivity index (χ2v) is 8.07. The van der Waals surface area contributed by atoms with Crippen molar-refractivity contribution >= 4 is 11.8 Å². The first kappa shape index (κ1) is 15.9. The van der Waals surface area contributed by atoms with Crippen LogP contribution in [0, 0.1) is 12.3 Å². The average molecular weight is 292 g/mol. The van der Waals surface area contributed by atoms with Crippen LogP contribution in [0.3, 0.4) is 0 Å². The second-order valence-electron chi connectivity index (χ2n) is 6.85. The molecule has 0 aliphatic heterocycles. The van der Waals surface area contributed by atoms with Crippen molar-refractivity contribution in [3.8, 4) is 0 Å². The highest BCUT2D eigenvalue weighted by Crippen LogP contribution is 2.41. The Morgan fingerprint density at radius 1 is 1.30 bits per heavy atom.